The van der Waals surface area contributed by atoms with Crippen molar-refractivity contribution in [3.8, 4) is 0 Å². The molecule has 1 rings (SSSR count). The highest BCUT2D eigenvalue weighted by atomic mass is 16.5. The monoisotopic (exact) mass is 237 g/mol. The first kappa shape index (κ1) is 14.1. The predicted molar refractivity (Wildman–Crippen MR) is 69.9 cm³/mol. The van der Waals surface area contributed by atoms with E-state index in [9.17, 15) is 0 Å². The summed E-state index contributed by atoms with van der Waals surface area (Å²) in [5.74, 6) is 0. The van der Waals surface area contributed by atoms with Crippen LogP contribution in [0.1, 0.15) is 23.7 Å². The van der Waals surface area contributed by atoms with E-state index in [1.54, 1.807) is 7.11 Å². The average Bonchev–Trinajstić information content (AvgIpc) is 2.33. The van der Waals surface area contributed by atoms with Crippen LogP contribution in [0.25, 0.3) is 0 Å². The van der Waals surface area contributed by atoms with E-state index in [2.05, 4.69) is 23.0 Å². The molecule has 1 aromatic heterocycles. The number of likely N-dealkylation sites (N-methyl/N-ethyl adjacent to an activating group) is 1. The van der Waals surface area contributed by atoms with Crippen molar-refractivity contribution in [3.05, 3.63) is 29.6 Å². The first-order valence-electron chi connectivity index (χ1n) is 6.00. The largest absolute Gasteiger partial charge is 0.385 e. The van der Waals surface area contributed by atoms with Crippen LogP contribution in [0.2, 0.25) is 0 Å². The fraction of sp³-hybridized carbons (Fsp3) is 0.615. The number of hydrogen-bond acceptors (Lipinski definition) is 4. The van der Waals surface area contributed by atoms with Gasteiger partial charge >= 0.3 is 0 Å². The lowest BCUT2D eigenvalue weighted by atomic mass is 10.1. The Kier molecular flexibility index (Phi) is 6.11. The fourth-order valence-electron chi connectivity index (χ4n) is 1.86. The zero-order chi connectivity index (χ0) is 12.7. The van der Waals surface area contributed by atoms with Crippen molar-refractivity contribution in [2.75, 3.05) is 33.9 Å². The van der Waals surface area contributed by atoms with Gasteiger partial charge in [-0.2, -0.15) is 0 Å². The van der Waals surface area contributed by atoms with E-state index in [1.807, 2.05) is 19.2 Å². The Bertz CT molecular complexity index is 313. The second-order valence-corrected chi connectivity index (χ2v) is 4.31. The minimum absolute atomic E-state index is 0.236. The summed E-state index contributed by atoms with van der Waals surface area (Å²) in [4.78, 5) is 6.58. The first-order valence-corrected chi connectivity index (χ1v) is 6.00. The Morgan fingerprint density at radius 2 is 2.24 bits per heavy atom. The number of nitrogens with zero attached hydrogens (tertiary/aromatic N) is 2. The number of aromatic nitrogens is 1. The highest BCUT2D eigenvalue weighted by Crippen LogP contribution is 2.17. The van der Waals surface area contributed by atoms with Gasteiger partial charge in [-0.3, -0.25) is 9.88 Å². The molecule has 4 heteroatoms. The van der Waals surface area contributed by atoms with Crippen LogP contribution < -0.4 is 5.73 Å². The summed E-state index contributed by atoms with van der Waals surface area (Å²) in [6.07, 6.45) is 2.93. The van der Waals surface area contributed by atoms with Crippen LogP contribution in [0.5, 0.6) is 0 Å². The lowest BCUT2D eigenvalue weighted by Crippen LogP contribution is -2.31. The average molecular weight is 237 g/mol. The number of nitrogens with two attached hydrogens (primary N) is 1. The minimum Gasteiger partial charge on any atom is -0.385 e. The molecule has 2 N–H and O–H groups in total. The summed E-state index contributed by atoms with van der Waals surface area (Å²) in [6.45, 7) is 4.36. The number of pyridine rings is 1. The van der Waals surface area contributed by atoms with Gasteiger partial charge in [0.05, 0.1) is 0 Å². The van der Waals surface area contributed by atoms with Gasteiger partial charge in [-0.05, 0) is 32.0 Å². The van der Waals surface area contributed by atoms with Gasteiger partial charge in [0.1, 0.15) is 0 Å². The van der Waals surface area contributed by atoms with Crippen molar-refractivity contribution >= 4 is 0 Å². The van der Waals surface area contributed by atoms with Crippen molar-refractivity contribution in [1.82, 2.24) is 9.88 Å². The Labute approximate surface area is 104 Å². The molecule has 0 amide bonds. The van der Waals surface area contributed by atoms with Crippen molar-refractivity contribution < 1.29 is 4.74 Å². The molecular weight excluding hydrogens is 214 g/mol. The van der Waals surface area contributed by atoms with Gasteiger partial charge in [-0.25, -0.2) is 0 Å². The molecule has 0 aliphatic heterocycles. The number of aryl methyl sites for hydroxylation is 1. The highest BCUT2D eigenvalue weighted by molar-refractivity contribution is 5.17. The highest BCUT2D eigenvalue weighted by Gasteiger charge is 2.15. The quantitative estimate of drug-likeness (QED) is 0.727. The Morgan fingerprint density at radius 1 is 1.47 bits per heavy atom. The zero-order valence-corrected chi connectivity index (χ0v) is 11.0. The molecule has 17 heavy (non-hydrogen) atoms. The predicted octanol–water partition coefficient (Wildman–Crippen LogP) is 1.36. The third-order valence-corrected chi connectivity index (χ3v) is 2.93. The van der Waals surface area contributed by atoms with Crippen LogP contribution in [-0.4, -0.2) is 43.7 Å². The normalized spacial score (nSPS) is 13.0. The molecule has 0 aliphatic rings. The van der Waals surface area contributed by atoms with Gasteiger partial charge in [0.2, 0.25) is 0 Å². The lowest BCUT2D eigenvalue weighted by Gasteiger charge is -2.27. The maximum atomic E-state index is 5.85. The van der Waals surface area contributed by atoms with E-state index < -0.39 is 0 Å². The van der Waals surface area contributed by atoms with E-state index in [-0.39, 0.29) is 6.04 Å². The van der Waals surface area contributed by atoms with Crippen LogP contribution in [-0.2, 0) is 4.74 Å². The van der Waals surface area contributed by atoms with Crippen LogP contribution in [0.15, 0.2) is 18.3 Å². The summed E-state index contributed by atoms with van der Waals surface area (Å²) in [6, 6.07) is 4.37. The van der Waals surface area contributed by atoms with Gasteiger partial charge in [0.25, 0.3) is 0 Å². The van der Waals surface area contributed by atoms with Crippen molar-refractivity contribution in [1.29, 1.82) is 0 Å². The molecule has 0 bridgehead atoms. The number of methoxy groups -OCH3 is 1. The maximum Gasteiger partial charge on any atom is 0.0482 e. The summed E-state index contributed by atoms with van der Waals surface area (Å²) in [5.41, 5.74) is 8.06. The van der Waals surface area contributed by atoms with Gasteiger partial charge < -0.3 is 10.5 Å². The SMILES string of the molecule is COCCCN(C)C(CN)c1ccc(C)nc1. The number of hydrogen-bond donors (Lipinski definition) is 1. The van der Waals surface area contributed by atoms with E-state index in [1.165, 1.54) is 5.56 Å². The van der Waals surface area contributed by atoms with E-state index in [0.29, 0.717) is 6.54 Å². The molecule has 0 radical (unpaired) electrons. The van der Waals surface area contributed by atoms with Gasteiger partial charge in [0, 0.05) is 44.7 Å². The topological polar surface area (TPSA) is 51.4 Å². The summed E-state index contributed by atoms with van der Waals surface area (Å²) >= 11 is 0. The summed E-state index contributed by atoms with van der Waals surface area (Å²) < 4.78 is 5.06. The molecule has 1 heterocycles. The molecule has 0 saturated carbocycles. The maximum absolute atomic E-state index is 5.85. The first-order chi connectivity index (χ1) is 8.19. The third kappa shape index (κ3) is 4.42. The lowest BCUT2D eigenvalue weighted by molar-refractivity contribution is 0.166. The smallest absolute Gasteiger partial charge is 0.0482 e. The molecular formula is C13H23N3O. The van der Waals surface area contributed by atoms with Gasteiger partial charge in [0.15, 0.2) is 0 Å². The second-order valence-electron chi connectivity index (χ2n) is 4.31. The zero-order valence-electron chi connectivity index (χ0n) is 11.0. The summed E-state index contributed by atoms with van der Waals surface area (Å²) in [5, 5.41) is 0. The molecule has 0 spiro atoms. The van der Waals surface area contributed by atoms with Crippen molar-refractivity contribution in [2.45, 2.75) is 19.4 Å². The second kappa shape index (κ2) is 7.37. The molecule has 0 aromatic carbocycles. The van der Waals surface area contributed by atoms with Crippen LogP contribution in [0.3, 0.4) is 0 Å². The van der Waals surface area contributed by atoms with Crippen molar-refractivity contribution in [3.63, 3.8) is 0 Å². The molecule has 0 saturated heterocycles. The molecule has 1 atom stereocenters. The number of ether oxygens (including phenoxy) is 1. The minimum atomic E-state index is 0.236. The Hall–Kier alpha value is -0.970. The molecule has 96 valence electrons. The fourth-order valence-corrected chi connectivity index (χ4v) is 1.86. The van der Waals surface area contributed by atoms with Gasteiger partial charge in [-0.1, -0.05) is 6.07 Å². The molecule has 1 unspecified atom stereocenters. The molecule has 1 aromatic rings. The molecule has 0 fully saturated rings. The van der Waals surface area contributed by atoms with E-state index in [4.69, 9.17) is 10.5 Å². The van der Waals surface area contributed by atoms with Crippen LogP contribution in [0, 0.1) is 6.92 Å². The number of rotatable bonds is 7. The summed E-state index contributed by atoms with van der Waals surface area (Å²) in [7, 11) is 3.82. The standard InChI is InChI=1S/C13H23N3O/c1-11-5-6-12(10-15-11)13(9-14)16(2)7-4-8-17-3/h5-6,10,13H,4,7-9,14H2,1-3H3. The third-order valence-electron chi connectivity index (χ3n) is 2.93. The van der Waals surface area contributed by atoms with E-state index in [0.717, 1.165) is 25.3 Å². The van der Waals surface area contributed by atoms with E-state index >= 15 is 0 Å². The molecule has 4 nitrogen and oxygen atoms in total. The van der Waals surface area contributed by atoms with Crippen molar-refractivity contribution in [2.24, 2.45) is 5.73 Å². The Balaban J connectivity index is 2.60. The Morgan fingerprint density at radius 3 is 2.76 bits per heavy atom. The van der Waals surface area contributed by atoms with Gasteiger partial charge in [-0.15, -0.1) is 0 Å². The van der Waals surface area contributed by atoms with Crippen LogP contribution in [0.4, 0.5) is 0 Å². The molecule has 0 aliphatic carbocycles. The van der Waals surface area contributed by atoms with Crippen LogP contribution >= 0.6 is 0 Å².